The lowest BCUT2D eigenvalue weighted by atomic mass is 10.1. The summed E-state index contributed by atoms with van der Waals surface area (Å²) in [6, 6.07) is 7.77. The number of aromatic nitrogens is 2. The summed E-state index contributed by atoms with van der Waals surface area (Å²) in [6.45, 7) is 5.82. The van der Waals surface area contributed by atoms with E-state index >= 15 is 0 Å². The van der Waals surface area contributed by atoms with Crippen LogP contribution in [-0.4, -0.2) is 21.6 Å². The monoisotopic (exact) mass is 331 g/mol. The van der Waals surface area contributed by atoms with Crippen LogP contribution in [0, 0.1) is 6.92 Å². The quantitative estimate of drug-likeness (QED) is 0.630. The molecule has 0 bridgehead atoms. The number of aromatic amines is 1. The number of aryl methyl sites for hydroxylation is 2. The highest BCUT2D eigenvalue weighted by Crippen LogP contribution is 2.15. The summed E-state index contributed by atoms with van der Waals surface area (Å²) in [7, 11) is 0. The Morgan fingerprint density at radius 3 is 2.48 bits per heavy atom. The molecule has 2 aromatic rings. The van der Waals surface area contributed by atoms with E-state index in [1.807, 2.05) is 38.1 Å². The van der Waals surface area contributed by atoms with E-state index in [2.05, 4.69) is 22.2 Å². The van der Waals surface area contributed by atoms with Crippen LogP contribution < -0.4 is 10.9 Å². The predicted octanol–water partition coefficient (Wildman–Crippen LogP) is 2.93. The molecule has 0 saturated carbocycles. The number of amides is 1. The van der Waals surface area contributed by atoms with E-state index in [0.717, 1.165) is 12.1 Å². The molecule has 0 spiro atoms. The molecule has 0 aliphatic carbocycles. The van der Waals surface area contributed by atoms with Crippen LogP contribution >= 0.6 is 11.8 Å². The van der Waals surface area contributed by atoms with Crippen molar-refractivity contribution in [1.82, 2.24) is 9.97 Å². The Kier molecular flexibility index (Phi) is 5.98. The summed E-state index contributed by atoms with van der Waals surface area (Å²) in [5, 5.41) is 3.31. The maximum Gasteiger partial charge on any atom is 0.254 e. The maximum atomic E-state index is 12.0. The molecule has 2 rings (SSSR count). The number of nitrogens with one attached hydrogen (secondary N) is 2. The first-order chi connectivity index (χ1) is 11.0. The van der Waals surface area contributed by atoms with Crippen molar-refractivity contribution < 1.29 is 4.79 Å². The Bertz CT molecular complexity index is 738. The summed E-state index contributed by atoms with van der Waals surface area (Å²) in [5.74, 6) is 0.0720. The van der Waals surface area contributed by atoms with Crippen molar-refractivity contribution in [1.29, 1.82) is 0 Å². The van der Waals surface area contributed by atoms with E-state index in [1.54, 1.807) is 0 Å². The van der Waals surface area contributed by atoms with E-state index in [1.165, 1.54) is 17.3 Å². The van der Waals surface area contributed by atoms with Crippen LogP contribution in [0.15, 0.2) is 34.2 Å². The fraction of sp³-hybridized carbons (Fsp3) is 0.353. The number of carbonyl (C=O) groups is 1. The lowest BCUT2D eigenvalue weighted by Gasteiger charge is -2.07. The molecule has 1 heterocycles. The van der Waals surface area contributed by atoms with E-state index in [-0.39, 0.29) is 17.2 Å². The number of carbonyl (C=O) groups excluding carboxylic acids is 1. The Labute approximate surface area is 139 Å². The highest BCUT2D eigenvalue weighted by atomic mass is 32.2. The number of hydrogen-bond donors (Lipinski definition) is 2. The SMILES string of the molecule is CCc1ccc(NC(=O)CSc2nc(C)c(CC)c(=O)[nH]2)cc1. The van der Waals surface area contributed by atoms with Gasteiger partial charge in [0.1, 0.15) is 0 Å². The van der Waals surface area contributed by atoms with Gasteiger partial charge in [-0.05, 0) is 37.5 Å². The predicted molar refractivity (Wildman–Crippen MR) is 94.1 cm³/mol. The van der Waals surface area contributed by atoms with Crippen LogP contribution in [0.3, 0.4) is 0 Å². The van der Waals surface area contributed by atoms with Crippen molar-refractivity contribution in [3.8, 4) is 0 Å². The number of hydrogen-bond acceptors (Lipinski definition) is 4. The van der Waals surface area contributed by atoms with Gasteiger partial charge in [-0.3, -0.25) is 9.59 Å². The Hall–Kier alpha value is -2.08. The second-order valence-corrected chi connectivity index (χ2v) is 6.14. The molecule has 0 saturated heterocycles. The minimum atomic E-state index is -0.127. The topological polar surface area (TPSA) is 74.8 Å². The van der Waals surface area contributed by atoms with E-state index < -0.39 is 0 Å². The number of benzene rings is 1. The van der Waals surface area contributed by atoms with Gasteiger partial charge >= 0.3 is 0 Å². The largest absolute Gasteiger partial charge is 0.325 e. The fourth-order valence-electron chi connectivity index (χ4n) is 2.22. The number of rotatable bonds is 6. The molecule has 0 aliphatic rings. The van der Waals surface area contributed by atoms with Gasteiger partial charge in [0.05, 0.1) is 5.75 Å². The second-order valence-electron chi connectivity index (χ2n) is 5.18. The van der Waals surface area contributed by atoms with Crippen molar-refractivity contribution in [2.75, 3.05) is 11.1 Å². The number of nitrogens with zero attached hydrogens (tertiary/aromatic N) is 1. The first-order valence-corrected chi connectivity index (χ1v) is 8.63. The molecule has 0 fully saturated rings. The van der Waals surface area contributed by atoms with Gasteiger partial charge in [-0.1, -0.05) is 37.7 Å². The third kappa shape index (κ3) is 4.69. The smallest absolute Gasteiger partial charge is 0.254 e. The van der Waals surface area contributed by atoms with Crippen LogP contribution in [0.2, 0.25) is 0 Å². The number of anilines is 1. The van der Waals surface area contributed by atoms with Gasteiger partial charge in [0.15, 0.2) is 5.16 Å². The zero-order chi connectivity index (χ0) is 16.8. The lowest BCUT2D eigenvalue weighted by molar-refractivity contribution is -0.113. The van der Waals surface area contributed by atoms with E-state index in [9.17, 15) is 9.59 Å². The summed E-state index contributed by atoms with van der Waals surface area (Å²) in [6.07, 6.45) is 1.61. The molecule has 1 aromatic carbocycles. The minimum absolute atomic E-state index is 0.126. The average Bonchev–Trinajstić information content (AvgIpc) is 2.53. The van der Waals surface area contributed by atoms with Crippen LogP contribution in [0.1, 0.15) is 30.7 Å². The van der Waals surface area contributed by atoms with Gasteiger partial charge in [-0.2, -0.15) is 0 Å². The third-order valence-electron chi connectivity index (χ3n) is 3.54. The molecular formula is C17H21N3O2S. The normalized spacial score (nSPS) is 10.6. The molecular weight excluding hydrogens is 310 g/mol. The molecule has 6 heteroatoms. The molecule has 0 atom stereocenters. The van der Waals surface area contributed by atoms with Crippen molar-refractivity contribution in [2.24, 2.45) is 0 Å². The fourth-order valence-corrected chi connectivity index (χ4v) is 2.93. The molecule has 23 heavy (non-hydrogen) atoms. The van der Waals surface area contributed by atoms with Crippen LogP contribution in [0.25, 0.3) is 0 Å². The van der Waals surface area contributed by atoms with Crippen molar-refractivity contribution in [3.63, 3.8) is 0 Å². The Morgan fingerprint density at radius 2 is 1.91 bits per heavy atom. The Balaban J connectivity index is 1.95. The molecule has 2 N–H and O–H groups in total. The van der Waals surface area contributed by atoms with Gasteiger partial charge in [0.25, 0.3) is 5.56 Å². The summed E-state index contributed by atoms with van der Waals surface area (Å²) >= 11 is 1.22. The number of H-pyrrole nitrogens is 1. The van der Waals surface area contributed by atoms with Crippen LogP contribution in [0.5, 0.6) is 0 Å². The van der Waals surface area contributed by atoms with Gasteiger partial charge in [-0.25, -0.2) is 4.98 Å². The zero-order valence-electron chi connectivity index (χ0n) is 13.6. The highest BCUT2D eigenvalue weighted by molar-refractivity contribution is 7.99. The van der Waals surface area contributed by atoms with Gasteiger partial charge in [-0.15, -0.1) is 0 Å². The lowest BCUT2D eigenvalue weighted by Crippen LogP contribution is -2.18. The maximum absolute atomic E-state index is 12.0. The molecule has 122 valence electrons. The standard InChI is InChI=1S/C17H21N3O2S/c1-4-12-6-8-13(9-7-12)19-15(21)10-23-17-18-11(3)14(5-2)16(22)20-17/h6-9H,4-5,10H2,1-3H3,(H,19,21)(H,18,20,22). The van der Waals surface area contributed by atoms with Crippen molar-refractivity contribution in [3.05, 3.63) is 51.4 Å². The molecule has 0 unspecified atom stereocenters. The molecule has 1 aromatic heterocycles. The van der Waals surface area contributed by atoms with Crippen molar-refractivity contribution >= 4 is 23.4 Å². The summed E-state index contributed by atoms with van der Waals surface area (Å²) in [5.41, 5.74) is 3.28. The van der Waals surface area contributed by atoms with E-state index in [4.69, 9.17) is 0 Å². The van der Waals surface area contributed by atoms with E-state index in [0.29, 0.717) is 22.8 Å². The first-order valence-electron chi connectivity index (χ1n) is 7.64. The molecule has 5 nitrogen and oxygen atoms in total. The second kappa shape index (κ2) is 7.97. The van der Waals surface area contributed by atoms with Crippen LogP contribution in [-0.2, 0) is 17.6 Å². The van der Waals surface area contributed by atoms with Gasteiger partial charge < -0.3 is 10.3 Å². The molecule has 0 radical (unpaired) electrons. The zero-order valence-corrected chi connectivity index (χ0v) is 14.4. The molecule has 1 amide bonds. The van der Waals surface area contributed by atoms with Gasteiger partial charge in [0, 0.05) is 16.9 Å². The first kappa shape index (κ1) is 17.3. The highest BCUT2D eigenvalue weighted by Gasteiger charge is 2.09. The summed E-state index contributed by atoms with van der Waals surface area (Å²) in [4.78, 5) is 30.9. The Morgan fingerprint density at radius 1 is 1.22 bits per heavy atom. The summed E-state index contributed by atoms with van der Waals surface area (Å²) < 4.78 is 0. The minimum Gasteiger partial charge on any atom is -0.325 e. The van der Waals surface area contributed by atoms with Crippen LogP contribution in [0.4, 0.5) is 5.69 Å². The van der Waals surface area contributed by atoms with Crippen molar-refractivity contribution in [2.45, 2.75) is 38.8 Å². The molecule has 0 aliphatic heterocycles. The number of thioether (sulfide) groups is 1. The third-order valence-corrected chi connectivity index (χ3v) is 4.41. The van der Waals surface area contributed by atoms with Gasteiger partial charge in [0.2, 0.25) is 5.91 Å². The average molecular weight is 331 g/mol.